The summed E-state index contributed by atoms with van der Waals surface area (Å²) in [7, 11) is 0. The first-order chi connectivity index (χ1) is 18.0. The summed E-state index contributed by atoms with van der Waals surface area (Å²) in [4.78, 5) is 20.5. The van der Waals surface area contributed by atoms with Crippen LogP contribution < -0.4 is 10.1 Å². The Morgan fingerprint density at radius 2 is 2.11 bits per heavy atom. The number of aryl methyl sites for hydroxylation is 1. The molecule has 1 unspecified atom stereocenters. The number of carbonyl (C=O) groups is 1. The van der Waals surface area contributed by atoms with Gasteiger partial charge in [-0.25, -0.2) is 4.98 Å². The molecule has 4 aromatic rings. The summed E-state index contributed by atoms with van der Waals surface area (Å²) in [6.07, 6.45) is 7.28. The number of pyridine rings is 2. The lowest BCUT2D eigenvalue weighted by Crippen LogP contribution is -2.17. The summed E-state index contributed by atoms with van der Waals surface area (Å²) in [5.74, 6) is 0.450. The summed E-state index contributed by atoms with van der Waals surface area (Å²) >= 11 is -2.28. The predicted molar refractivity (Wildman–Crippen MR) is 137 cm³/mol. The van der Waals surface area contributed by atoms with Gasteiger partial charge in [0.05, 0.1) is 30.8 Å². The van der Waals surface area contributed by atoms with E-state index in [0.717, 1.165) is 41.8 Å². The van der Waals surface area contributed by atoms with E-state index < -0.39 is 23.1 Å². The number of nitrogens with zero attached hydrogens (tertiary/aromatic N) is 4. The summed E-state index contributed by atoms with van der Waals surface area (Å²) < 4.78 is 29.8. The van der Waals surface area contributed by atoms with Crippen molar-refractivity contribution in [3.05, 3.63) is 77.4 Å². The van der Waals surface area contributed by atoms with Crippen molar-refractivity contribution in [2.45, 2.75) is 37.5 Å². The van der Waals surface area contributed by atoms with Crippen molar-refractivity contribution in [1.82, 2.24) is 19.7 Å². The fraction of sp³-hybridized carbons (Fsp3) is 0.308. The van der Waals surface area contributed by atoms with Crippen molar-refractivity contribution >= 4 is 33.8 Å². The highest BCUT2D eigenvalue weighted by Gasteiger charge is 2.21. The van der Waals surface area contributed by atoms with Gasteiger partial charge in [0.15, 0.2) is 0 Å². The Bertz CT molecular complexity index is 1460. The molecule has 1 aliphatic heterocycles. The molecule has 1 aliphatic rings. The molecule has 2 N–H and O–H groups in total. The lowest BCUT2D eigenvalue weighted by Gasteiger charge is -2.18. The Hall–Kier alpha value is -3.83. The van der Waals surface area contributed by atoms with Crippen LogP contribution in [0.3, 0.4) is 0 Å². The molecule has 37 heavy (non-hydrogen) atoms. The zero-order chi connectivity index (χ0) is 25.8. The molecule has 11 heteroatoms. The summed E-state index contributed by atoms with van der Waals surface area (Å²) in [6.45, 7) is 1.41. The van der Waals surface area contributed by atoms with Gasteiger partial charge in [0, 0.05) is 42.2 Å². The van der Waals surface area contributed by atoms with E-state index in [2.05, 4.69) is 21.5 Å². The van der Waals surface area contributed by atoms with Crippen LogP contribution in [0, 0.1) is 0 Å². The number of rotatable bonds is 10. The molecular formula is C26H26N5O5S-. The lowest BCUT2D eigenvalue weighted by molar-refractivity contribution is -0.137. The molecule has 5 rings (SSSR count). The molecular weight excluding hydrogens is 494 g/mol. The minimum atomic E-state index is -2.28. The van der Waals surface area contributed by atoms with Crippen LogP contribution in [0.25, 0.3) is 10.9 Å². The molecule has 0 fully saturated rings. The molecule has 192 valence electrons. The van der Waals surface area contributed by atoms with E-state index in [9.17, 15) is 18.7 Å². The van der Waals surface area contributed by atoms with Crippen molar-refractivity contribution in [2.24, 2.45) is 0 Å². The fourth-order valence-electron chi connectivity index (χ4n) is 4.57. The summed E-state index contributed by atoms with van der Waals surface area (Å²) in [5.41, 5.74) is 4.01. The molecule has 0 saturated carbocycles. The molecule has 1 aromatic carbocycles. The van der Waals surface area contributed by atoms with Crippen LogP contribution in [0.5, 0.6) is 5.75 Å². The molecule has 2 atom stereocenters. The molecule has 0 amide bonds. The van der Waals surface area contributed by atoms with Gasteiger partial charge in [0.1, 0.15) is 11.6 Å². The number of hydrogen-bond acceptors (Lipinski definition) is 8. The van der Waals surface area contributed by atoms with Crippen molar-refractivity contribution in [3.8, 4) is 5.75 Å². The van der Waals surface area contributed by atoms with Gasteiger partial charge in [-0.15, -0.1) is 0 Å². The van der Waals surface area contributed by atoms with Crippen LogP contribution in [0.2, 0.25) is 0 Å². The van der Waals surface area contributed by atoms with Gasteiger partial charge in [0.2, 0.25) is 0 Å². The van der Waals surface area contributed by atoms with E-state index >= 15 is 0 Å². The van der Waals surface area contributed by atoms with E-state index in [4.69, 9.17) is 9.72 Å². The number of benzene rings is 1. The first-order valence-corrected chi connectivity index (χ1v) is 13.2. The Kier molecular flexibility index (Phi) is 7.42. The number of fused-ring (bicyclic) bond motifs is 2. The summed E-state index contributed by atoms with van der Waals surface area (Å²) in [5, 5.41) is 18.1. The number of aromatic nitrogens is 4. The van der Waals surface area contributed by atoms with Gasteiger partial charge >= 0.3 is 5.97 Å². The smallest absolute Gasteiger partial charge is 0.305 e. The largest absolute Gasteiger partial charge is 0.772 e. The normalized spacial score (nSPS) is 14.5. The van der Waals surface area contributed by atoms with Gasteiger partial charge < -0.3 is 19.7 Å². The van der Waals surface area contributed by atoms with Gasteiger partial charge in [-0.1, -0.05) is 17.1 Å². The molecule has 0 saturated heterocycles. The second kappa shape index (κ2) is 11.1. The van der Waals surface area contributed by atoms with Crippen LogP contribution in [0.15, 0.2) is 55.0 Å². The molecule has 10 nitrogen and oxygen atoms in total. The molecule has 4 heterocycles. The standard InChI is InChI=1S/C26H27N5O5S/c32-25(33)12-24(19-10-17(13-27-14-19)16-37(34)35)31-23-6-5-22(11-20(23)15-29-31)36-9-7-21-4-3-18-2-1-8-28-26(18)30-21/h3-6,10-11,13-15,24H,1-2,7-9,12,16H2,(H,28,30)(H,32,33)(H,34,35)/p-1/t24-/m0/s1. The first kappa shape index (κ1) is 24.8. The zero-order valence-electron chi connectivity index (χ0n) is 20.0. The number of hydrogen-bond donors (Lipinski definition) is 2. The number of nitrogens with one attached hydrogen (secondary N) is 1. The SMILES string of the molecule is O=C(O)C[C@@H](c1cncc(CS(=O)[O-])c1)n1ncc2cc(OCCc3ccc4c(n3)NCCC4)ccc21. The summed E-state index contributed by atoms with van der Waals surface area (Å²) in [6, 6.07) is 10.7. The number of carboxylic acid groups (broad SMARTS) is 1. The molecule has 0 spiro atoms. The van der Waals surface area contributed by atoms with Crippen molar-refractivity contribution in [2.75, 3.05) is 18.5 Å². The zero-order valence-corrected chi connectivity index (χ0v) is 20.8. The Morgan fingerprint density at radius 1 is 1.22 bits per heavy atom. The third-order valence-electron chi connectivity index (χ3n) is 6.29. The number of aliphatic carboxylic acids is 1. The van der Waals surface area contributed by atoms with Crippen LogP contribution in [-0.2, 0) is 34.5 Å². The maximum atomic E-state index is 11.7. The second-order valence-corrected chi connectivity index (χ2v) is 9.83. The molecule has 3 aromatic heterocycles. The van der Waals surface area contributed by atoms with Crippen LogP contribution >= 0.6 is 0 Å². The van der Waals surface area contributed by atoms with Crippen molar-refractivity contribution < 1.29 is 23.4 Å². The van der Waals surface area contributed by atoms with E-state index in [0.29, 0.717) is 29.9 Å². The van der Waals surface area contributed by atoms with Crippen molar-refractivity contribution in [1.29, 1.82) is 0 Å². The van der Waals surface area contributed by atoms with Gasteiger partial charge in [-0.3, -0.25) is 18.7 Å². The number of carboxylic acids is 1. The van der Waals surface area contributed by atoms with E-state index in [1.54, 1.807) is 23.1 Å². The van der Waals surface area contributed by atoms with E-state index in [1.807, 2.05) is 24.3 Å². The van der Waals surface area contributed by atoms with Crippen LogP contribution in [0.1, 0.15) is 41.3 Å². The van der Waals surface area contributed by atoms with Crippen LogP contribution in [-0.4, -0.2) is 52.7 Å². The maximum absolute atomic E-state index is 11.7. The minimum Gasteiger partial charge on any atom is -0.772 e. The first-order valence-electron chi connectivity index (χ1n) is 12.0. The quantitative estimate of drug-likeness (QED) is 0.301. The number of anilines is 1. The Morgan fingerprint density at radius 3 is 2.95 bits per heavy atom. The maximum Gasteiger partial charge on any atom is 0.305 e. The predicted octanol–water partition coefficient (Wildman–Crippen LogP) is 3.25. The van der Waals surface area contributed by atoms with Crippen LogP contribution in [0.4, 0.5) is 5.82 Å². The third kappa shape index (κ3) is 5.95. The Balaban J connectivity index is 1.32. The third-order valence-corrected chi connectivity index (χ3v) is 6.86. The van der Waals surface area contributed by atoms with Gasteiger partial charge in [0.25, 0.3) is 0 Å². The van der Waals surface area contributed by atoms with Crippen molar-refractivity contribution in [3.63, 3.8) is 0 Å². The van der Waals surface area contributed by atoms with E-state index in [1.165, 1.54) is 11.8 Å². The highest BCUT2D eigenvalue weighted by molar-refractivity contribution is 7.78. The van der Waals surface area contributed by atoms with Gasteiger partial charge in [-0.2, -0.15) is 5.10 Å². The average Bonchev–Trinajstić information content (AvgIpc) is 3.30. The highest BCUT2D eigenvalue weighted by atomic mass is 32.2. The Labute approximate surface area is 216 Å². The fourth-order valence-corrected chi connectivity index (χ4v) is 5.00. The lowest BCUT2D eigenvalue weighted by atomic mass is 10.0. The minimum absolute atomic E-state index is 0.196. The van der Waals surface area contributed by atoms with E-state index in [-0.39, 0.29) is 12.2 Å². The molecule has 0 aliphatic carbocycles. The molecule has 0 radical (unpaired) electrons. The monoisotopic (exact) mass is 520 g/mol. The second-order valence-electron chi connectivity index (χ2n) is 8.94. The number of ether oxygens (including phenoxy) is 1. The van der Waals surface area contributed by atoms with Gasteiger partial charge in [-0.05, 0) is 59.9 Å². The average molecular weight is 521 g/mol. The molecule has 0 bridgehead atoms. The topological polar surface area (TPSA) is 142 Å². The highest BCUT2D eigenvalue weighted by Crippen LogP contribution is 2.29.